The van der Waals surface area contributed by atoms with Crippen molar-refractivity contribution in [2.75, 3.05) is 14.2 Å². The number of aromatic nitrogens is 1. The van der Waals surface area contributed by atoms with Crippen LogP contribution in [0.2, 0.25) is 0 Å². The van der Waals surface area contributed by atoms with Crippen LogP contribution in [0.5, 0.6) is 11.5 Å². The molecular formula is C25H19NO2. The van der Waals surface area contributed by atoms with Crippen molar-refractivity contribution in [1.29, 1.82) is 0 Å². The van der Waals surface area contributed by atoms with Crippen molar-refractivity contribution in [2.45, 2.75) is 6.42 Å². The van der Waals surface area contributed by atoms with E-state index in [0.29, 0.717) is 6.42 Å². The van der Waals surface area contributed by atoms with Crippen LogP contribution in [0.3, 0.4) is 0 Å². The van der Waals surface area contributed by atoms with Crippen molar-refractivity contribution in [3.8, 4) is 41.4 Å². The van der Waals surface area contributed by atoms with Crippen LogP contribution in [-0.4, -0.2) is 18.8 Å². The molecule has 0 spiro atoms. The van der Waals surface area contributed by atoms with E-state index in [1.807, 2.05) is 24.3 Å². The summed E-state index contributed by atoms with van der Waals surface area (Å²) in [4.78, 5) is 0. The summed E-state index contributed by atoms with van der Waals surface area (Å²) in [6, 6.07) is 20.4. The van der Waals surface area contributed by atoms with Crippen molar-refractivity contribution >= 4 is 21.8 Å². The Hall–Kier alpha value is -3.82. The Morgan fingerprint density at radius 2 is 1.39 bits per heavy atom. The first-order valence-electron chi connectivity index (χ1n) is 8.94. The van der Waals surface area contributed by atoms with Crippen LogP contribution < -0.4 is 9.47 Å². The SMILES string of the molecule is C#CCC#Cc1ccc(-n2c3ccc(OC)cc3c3cc(OC)ccc32)cc1. The summed E-state index contributed by atoms with van der Waals surface area (Å²) < 4.78 is 13.1. The molecule has 0 saturated carbocycles. The van der Waals surface area contributed by atoms with Crippen LogP contribution in [-0.2, 0) is 0 Å². The van der Waals surface area contributed by atoms with E-state index in [0.717, 1.165) is 44.6 Å². The van der Waals surface area contributed by atoms with Gasteiger partial charge in [0.1, 0.15) is 11.5 Å². The van der Waals surface area contributed by atoms with E-state index in [1.165, 1.54) is 0 Å². The summed E-state index contributed by atoms with van der Waals surface area (Å²) in [6.45, 7) is 0. The Balaban J connectivity index is 1.93. The fraction of sp³-hybridized carbons (Fsp3) is 0.120. The first kappa shape index (κ1) is 17.6. The van der Waals surface area contributed by atoms with E-state index in [2.05, 4.69) is 58.7 Å². The summed E-state index contributed by atoms with van der Waals surface area (Å²) in [5, 5.41) is 2.23. The number of fused-ring (bicyclic) bond motifs is 3. The molecule has 0 saturated heterocycles. The van der Waals surface area contributed by atoms with Gasteiger partial charge in [0.15, 0.2) is 0 Å². The first-order valence-corrected chi connectivity index (χ1v) is 8.94. The van der Waals surface area contributed by atoms with Crippen molar-refractivity contribution in [3.05, 3.63) is 66.2 Å². The van der Waals surface area contributed by atoms with Gasteiger partial charge in [-0.15, -0.1) is 6.42 Å². The molecule has 0 aliphatic heterocycles. The lowest BCUT2D eigenvalue weighted by molar-refractivity contribution is 0.415. The lowest BCUT2D eigenvalue weighted by Gasteiger charge is -2.08. The third-order valence-corrected chi connectivity index (χ3v) is 4.73. The number of methoxy groups -OCH3 is 2. The van der Waals surface area contributed by atoms with Gasteiger partial charge in [-0.25, -0.2) is 0 Å². The summed E-state index contributed by atoms with van der Waals surface area (Å²) >= 11 is 0. The predicted molar refractivity (Wildman–Crippen MR) is 114 cm³/mol. The van der Waals surface area contributed by atoms with E-state index in [4.69, 9.17) is 15.9 Å². The molecule has 0 bridgehead atoms. The average Bonchev–Trinajstić information content (AvgIpc) is 3.07. The third-order valence-electron chi connectivity index (χ3n) is 4.73. The highest BCUT2D eigenvalue weighted by atomic mass is 16.5. The second-order valence-corrected chi connectivity index (χ2v) is 6.33. The van der Waals surface area contributed by atoms with Crippen molar-refractivity contribution < 1.29 is 9.47 Å². The molecule has 3 heteroatoms. The Kier molecular flexibility index (Phi) is 4.67. The molecule has 3 aromatic carbocycles. The highest BCUT2D eigenvalue weighted by Crippen LogP contribution is 2.36. The number of hydrogen-bond donors (Lipinski definition) is 0. The van der Waals surface area contributed by atoms with Crippen molar-refractivity contribution in [2.24, 2.45) is 0 Å². The molecule has 0 fully saturated rings. The number of ether oxygens (including phenoxy) is 2. The van der Waals surface area contributed by atoms with Crippen molar-refractivity contribution in [1.82, 2.24) is 4.57 Å². The highest BCUT2D eigenvalue weighted by Gasteiger charge is 2.14. The Morgan fingerprint density at radius 1 is 0.821 bits per heavy atom. The van der Waals surface area contributed by atoms with E-state index >= 15 is 0 Å². The van der Waals surface area contributed by atoms with Gasteiger partial charge in [0, 0.05) is 22.0 Å². The molecule has 0 radical (unpaired) electrons. The number of terminal acetylenes is 1. The zero-order chi connectivity index (χ0) is 19.5. The zero-order valence-corrected chi connectivity index (χ0v) is 15.8. The molecule has 0 unspecified atom stereocenters. The van der Waals surface area contributed by atoms with Gasteiger partial charge in [0.05, 0.1) is 31.7 Å². The lowest BCUT2D eigenvalue weighted by Crippen LogP contribution is -1.94. The van der Waals surface area contributed by atoms with Crippen LogP contribution in [0.1, 0.15) is 12.0 Å². The van der Waals surface area contributed by atoms with Gasteiger partial charge in [0.2, 0.25) is 0 Å². The molecule has 0 amide bonds. The average molecular weight is 365 g/mol. The molecule has 1 heterocycles. The van der Waals surface area contributed by atoms with Gasteiger partial charge in [-0.05, 0) is 60.7 Å². The largest absolute Gasteiger partial charge is 0.497 e. The molecule has 4 aromatic rings. The van der Waals surface area contributed by atoms with Gasteiger partial charge in [-0.2, -0.15) is 0 Å². The third kappa shape index (κ3) is 3.04. The standard InChI is InChI=1S/C25H19NO2/c1-4-5-6-7-18-8-10-19(11-9-18)26-24-14-12-20(27-2)16-22(24)23-17-21(28-3)13-15-25(23)26/h1,8-17H,5H2,2-3H3. The van der Waals surface area contributed by atoms with Gasteiger partial charge < -0.3 is 14.0 Å². The van der Waals surface area contributed by atoms with E-state index in [1.54, 1.807) is 14.2 Å². The van der Waals surface area contributed by atoms with Crippen LogP contribution in [0, 0.1) is 24.2 Å². The normalized spacial score (nSPS) is 10.3. The van der Waals surface area contributed by atoms with Gasteiger partial charge in [0.25, 0.3) is 0 Å². The van der Waals surface area contributed by atoms with Gasteiger partial charge >= 0.3 is 0 Å². The molecule has 4 rings (SSSR count). The summed E-state index contributed by atoms with van der Waals surface area (Å²) in [7, 11) is 3.36. The number of nitrogens with zero attached hydrogens (tertiary/aromatic N) is 1. The summed E-state index contributed by atoms with van der Waals surface area (Å²) in [6.07, 6.45) is 5.71. The van der Waals surface area contributed by atoms with Crippen molar-refractivity contribution in [3.63, 3.8) is 0 Å². The predicted octanol–water partition coefficient (Wildman–Crippen LogP) is 5.18. The van der Waals surface area contributed by atoms with E-state index in [9.17, 15) is 0 Å². The maximum Gasteiger partial charge on any atom is 0.119 e. The Bertz CT molecular complexity index is 1200. The maximum atomic E-state index is 5.44. The minimum atomic E-state index is 0.457. The number of hydrogen-bond acceptors (Lipinski definition) is 2. The summed E-state index contributed by atoms with van der Waals surface area (Å²) in [5.74, 6) is 10.2. The van der Waals surface area contributed by atoms with Crippen LogP contribution in [0.15, 0.2) is 60.7 Å². The molecule has 0 aliphatic carbocycles. The summed E-state index contributed by atoms with van der Waals surface area (Å²) in [5.41, 5.74) is 4.23. The number of rotatable bonds is 3. The van der Waals surface area contributed by atoms with Crippen LogP contribution in [0.4, 0.5) is 0 Å². The Labute approximate surface area is 164 Å². The molecule has 28 heavy (non-hydrogen) atoms. The highest BCUT2D eigenvalue weighted by molar-refractivity contribution is 6.10. The van der Waals surface area contributed by atoms with Gasteiger partial charge in [-0.3, -0.25) is 0 Å². The monoisotopic (exact) mass is 365 g/mol. The smallest absolute Gasteiger partial charge is 0.119 e. The zero-order valence-electron chi connectivity index (χ0n) is 15.8. The second kappa shape index (κ2) is 7.43. The number of benzene rings is 3. The second-order valence-electron chi connectivity index (χ2n) is 6.33. The molecule has 3 nitrogen and oxygen atoms in total. The quantitative estimate of drug-likeness (QED) is 0.467. The molecule has 0 atom stereocenters. The molecular weight excluding hydrogens is 346 g/mol. The fourth-order valence-corrected chi connectivity index (χ4v) is 3.40. The first-order chi connectivity index (χ1) is 13.7. The van der Waals surface area contributed by atoms with E-state index < -0.39 is 0 Å². The molecule has 0 N–H and O–H groups in total. The minimum absolute atomic E-state index is 0.457. The fourth-order valence-electron chi connectivity index (χ4n) is 3.40. The van der Waals surface area contributed by atoms with Crippen LogP contribution >= 0.6 is 0 Å². The lowest BCUT2D eigenvalue weighted by atomic mass is 10.1. The van der Waals surface area contributed by atoms with Crippen LogP contribution in [0.25, 0.3) is 27.5 Å². The topological polar surface area (TPSA) is 23.4 Å². The maximum absolute atomic E-state index is 5.44. The Morgan fingerprint density at radius 3 is 1.89 bits per heavy atom. The molecule has 0 aliphatic rings. The van der Waals surface area contributed by atoms with Gasteiger partial charge in [-0.1, -0.05) is 17.8 Å². The molecule has 136 valence electrons. The minimum Gasteiger partial charge on any atom is -0.497 e. The van der Waals surface area contributed by atoms with E-state index in [-0.39, 0.29) is 0 Å². The molecule has 1 aromatic heterocycles.